The normalized spacial score (nSPS) is 13.2. The lowest BCUT2D eigenvalue weighted by Crippen LogP contribution is -2.08. The van der Waals surface area contributed by atoms with Crippen LogP contribution in [0, 0.1) is 0 Å². The molecule has 0 aliphatic carbocycles. The van der Waals surface area contributed by atoms with E-state index >= 15 is 0 Å². The van der Waals surface area contributed by atoms with Crippen molar-refractivity contribution in [3.05, 3.63) is 0 Å². The second kappa shape index (κ2) is 6.39. The Morgan fingerprint density at radius 2 is 1.00 bits per heavy atom. The van der Waals surface area contributed by atoms with Gasteiger partial charge in [-0.15, -0.1) is 0 Å². The molecule has 0 N–H and O–H groups in total. The van der Waals surface area contributed by atoms with Crippen LogP contribution in [0.15, 0.2) is 0 Å². The van der Waals surface area contributed by atoms with E-state index in [1.807, 2.05) is 0 Å². The van der Waals surface area contributed by atoms with Crippen LogP contribution in [0.5, 0.6) is 0 Å². The van der Waals surface area contributed by atoms with Gasteiger partial charge in [-0.25, -0.2) is 0 Å². The molecule has 0 heterocycles. The Balaban J connectivity index is 3.20. The molecule has 7 heteroatoms. The summed E-state index contributed by atoms with van der Waals surface area (Å²) in [7, 11) is -0.727. The van der Waals surface area contributed by atoms with Crippen LogP contribution < -0.4 is 0 Å². The van der Waals surface area contributed by atoms with E-state index in [0.29, 0.717) is 12.1 Å². The van der Waals surface area contributed by atoms with Crippen LogP contribution in [0.2, 0.25) is 12.1 Å². The molecule has 0 spiro atoms. The van der Waals surface area contributed by atoms with Crippen molar-refractivity contribution < 1.29 is 26.3 Å². The maximum Gasteiger partial charge on any atom is 0.389 e. The highest BCUT2D eigenvalue weighted by atomic mass is 28.2. The third kappa shape index (κ3) is 13.8. The van der Waals surface area contributed by atoms with Crippen molar-refractivity contribution in [3.8, 4) is 0 Å². The quantitative estimate of drug-likeness (QED) is 0.384. The van der Waals surface area contributed by atoms with E-state index in [2.05, 4.69) is 0 Å². The topological polar surface area (TPSA) is 0 Å². The second-order valence-electron chi connectivity index (χ2n) is 3.50. The van der Waals surface area contributed by atoms with Gasteiger partial charge in [0, 0.05) is 22.4 Å². The van der Waals surface area contributed by atoms with Gasteiger partial charge in [-0.3, -0.25) is 0 Å². The van der Waals surface area contributed by atoms with E-state index in [0.717, 1.165) is 0 Å². The lowest BCUT2D eigenvalue weighted by molar-refractivity contribution is -0.135. The van der Waals surface area contributed by atoms with Gasteiger partial charge in [-0.1, -0.05) is 12.1 Å². The van der Waals surface area contributed by atoms with Gasteiger partial charge in [0.25, 0.3) is 0 Å². The number of hydrogen-bond acceptors (Lipinski definition) is 0. The van der Waals surface area contributed by atoms with E-state index in [1.54, 1.807) is 0 Å². The zero-order valence-electron chi connectivity index (χ0n) is 8.22. The molecule has 0 saturated carbocycles. The second-order valence-corrected chi connectivity index (χ2v) is 5.62. The van der Waals surface area contributed by atoms with Gasteiger partial charge in [-0.2, -0.15) is 26.3 Å². The third-order valence-electron chi connectivity index (χ3n) is 1.92. The first-order valence-electron chi connectivity index (χ1n) is 4.84. The first-order valence-corrected chi connectivity index (χ1v) is 6.84. The van der Waals surface area contributed by atoms with Gasteiger partial charge in [-0.05, 0) is 12.8 Å². The molecule has 0 nitrogen and oxygen atoms in total. The minimum Gasteiger partial charge on any atom is -0.171 e. The number of hydrogen-bond donors (Lipinski definition) is 0. The fraction of sp³-hybridized carbons (Fsp3) is 1.00. The largest absolute Gasteiger partial charge is 0.389 e. The fourth-order valence-corrected chi connectivity index (χ4v) is 2.74. The van der Waals surface area contributed by atoms with Gasteiger partial charge < -0.3 is 0 Å². The van der Waals surface area contributed by atoms with Crippen LogP contribution in [-0.4, -0.2) is 21.9 Å². The zero-order chi connectivity index (χ0) is 11.9. The van der Waals surface area contributed by atoms with Gasteiger partial charge in [0.15, 0.2) is 0 Å². The predicted molar refractivity (Wildman–Crippen MR) is 48.7 cm³/mol. The highest BCUT2D eigenvalue weighted by Gasteiger charge is 2.26. The summed E-state index contributed by atoms with van der Waals surface area (Å²) in [6, 6.07) is 0.967. The molecule has 0 aliphatic rings. The standard InChI is InChI=1S/C8H14F6Si/c9-7(10,11)3-1-5-15-6-2-4-8(12,13)14/h1-6,15H2. The molecule has 0 rings (SSSR count). The summed E-state index contributed by atoms with van der Waals surface area (Å²) >= 11 is 0. The van der Waals surface area contributed by atoms with Crippen molar-refractivity contribution in [1.82, 2.24) is 0 Å². The fourth-order valence-electron chi connectivity index (χ4n) is 1.18. The highest BCUT2D eigenvalue weighted by Crippen LogP contribution is 2.24. The molecule has 0 unspecified atom stereocenters. The van der Waals surface area contributed by atoms with E-state index in [1.165, 1.54) is 0 Å². The molecule has 0 aromatic heterocycles. The molecule has 0 fully saturated rings. The van der Waals surface area contributed by atoms with Crippen molar-refractivity contribution >= 4 is 9.52 Å². The van der Waals surface area contributed by atoms with Crippen LogP contribution >= 0.6 is 0 Å². The minimum absolute atomic E-state index is 0.0712. The molecule has 0 aromatic rings. The molecule has 15 heavy (non-hydrogen) atoms. The van der Waals surface area contributed by atoms with Gasteiger partial charge in [0.2, 0.25) is 0 Å². The van der Waals surface area contributed by atoms with E-state index < -0.39 is 34.7 Å². The molecule has 0 bridgehead atoms. The highest BCUT2D eigenvalue weighted by molar-refractivity contribution is 6.35. The van der Waals surface area contributed by atoms with Gasteiger partial charge in [0.1, 0.15) is 0 Å². The van der Waals surface area contributed by atoms with Crippen molar-refractivity contribution in [1.29, 1.82) is 0 Å². The summed E-state index contributed by atoms with van der Waals surface area (Å²) < 4.78 is 69.9. The van der Waals surface area contributed by atoms with Crippen molar-refractivity contribution in [2.24, 2.45) is 0 Å². The maximum atomic E-state index is 11.7. The Bertz CT molecular complexity index is 143. The molecule has 0 amide bonds. The minimum atomic E-state index is -4.12. The maximum absolute atomic E-state index is 11.7. The average molecular weight is 252 g/mol. The Kier molecular flexibility index (Phi) is 6.31. The first kappa shape index (κ1) is 14.8. The first-order chi connectivity index (χ1) is 6.71. The van der Waals surface area contributed by atoms with Crippen LogP contribution in [0.3, 0.4) is 0 Å². The number of halogens is 6. The van der Waals surface area contributed by atoms with Crippen LogP contribution in [0.4, 0.5) is 26.3 Å². The SMILES string of the molecule is FC(F)(F)CCC[SiH2]CCCC(F)(F)F. The molecule has 0 saturated heterocycles. The molecule has 92 valence electrons. The molecule has 0 radical (unpaired) electrons. The summed E-state index contributed by atoms with van der Waals surface area (Å²) in [5.41, 5.74) is 0. The zero-order valence-corrected chi connectivity index (χ0v) is 9.63. The third-order valence-corrected chi connectivity index (χ3v) is 3.92. The lowest BCUT2D eigenvalue weighted by atomic mass is 10.3. The van der Waals surface area contributed by atoms with Crippen LogP contribution in [0.25, 0.3) is 0 Å². The number of alkyl halides is 6. The molecular weight excluding hydrogens is 238 g/mol. The van der Waals surface area contributed by atoms with E-state index in [9.17, 15) is 26.3 Å². The summed E-state index contributed by atoms with van der Waals surface area (Å²) in [6.07, 6.45) is -9.72. The Morgan fingerprint density at radius 3 is 1.27 bits per heavy atom. The Morgan fingerprint density at radius 1 is 0.667 bits per heavy atom. The smallest absolute Gasteiger partial charge is 0.171 e. The molecule has 0 atom stereocenters. The average Bonchev–Trinajstić information content (AvgIpc) is 1.98. The molecular formula is C8H14F6Si. The van der Waals surface area contributed by atoms with Crippen LogP contribution in [-0.2, 0) is 0 Å². The van der Waals surface area contributed by atoms with Crippen molar-refractivity contribution in [3.63, 3.8) is 0 Å². The summed E-state index contributed by atoms with van der Waals surface area (Å²) in [6.45, 7) is 0. The predicted octanol–water partition coefficient (Wildman–Crippen LogP) is 3.68. The van der Waals surface area contributed by atoms with Crippen LogP contribution in [0.1, 0.15) is 25.7 Å². The van der Waals surface area contributed by atoms with Crippen molar-refractivity contribution in [2.45, 2.75) is 50.1 Å². The summed E-state index contributed by atoms with van der Waals surface area (Å²) in [5, 5.41) is 0. The summed E-state index contributed by atoms with van der Waals surface area (Å²) in [5.74, 6) is 0. The van der Waals surface area contributed by atoms with Gasteiger partial charge >= 0.3 is 12.4 Å². The van der Waals surface area contributed by atoms with E-state index in [4.69, 9.17) is 0 Å². The number of rotatable bonds is 6. The van der Waals surface area contributed by atoms with E-state index in [-0.39, 0.29) is 12.8 Å². The molecule has 0 aromatic carbocycles. The Labute approximate surface area is 86.9 Å². The lowest BCUT2D eigenvalue weighted by Gasteiger charge is -2.06. The molecule has 0 aliphatic heterocycles. The monoisotopic (exact) mass is 252 g/mol. The van der Waals surface area contributed by atoms with Gasteiger partial charge in [0.05, 0.1) is 0 Å². The Hall–Kier alpha value is -0.203. The summed E-state index contributed by atoms with van der Waals surface area (Å²) in [4.78, 5) is 0. The van der Waals surface area contributed by atoms with Crippen molar-refractivity contribution in [2.75, 3.05) is 0 Å².